The summed E-state index contributed by atoms with van der Waals surface area (Å²) in [6.07, 6.45) is 0. The summed E-state index contributed by atoms with van der Waals surface area (Å²) in [6.45, 7) is 4.44. The van der Waals surface area contributed by atoms with Crippen LogP contribution in [0.4, 0.5) is 11.8 Å². The van der Waals surface area contributed by atoms with Crippen LogP contribution >= 0.6 is 11.3 Å². The van der Waals surface area contributed by atoms with Crippen molar-refractivity contribution in [2.75, 3.05) is 11.1 Å². The molecule has 0 saturated heterocycles. The summed E-state index contributed by atoms with van der Waals surface area (Å²) in [7, 11) is 0. The number of nitrogens with zero attached hydrogens (tertiary/aromatic N) is 3. The highest BCUT2D eigenvalue weighted by atomic mass is 32.1. The Balaban J connectivity index is 1.91. The molecule has 98 valence electrons. The van der Waals surface area contributed by atoms with E-state index in [1.54, 1.807) is 11.3 Å². The van der Waals surface area contributed by atoms with Crippen molar-refractivity contribution >= 4 is 33.3 Å². The standard InChI is InChI=1S/C12H13N5OS/c1-6-3-8(17-18-6)5-14-10-9-4-7(2)19-11(9)16-12(13)15-10/h3-4H,5H2,1-2H3,(H3,13,14,15,16). The van der Waals surface area contributed by atoms with Gasteiger partial charge in [-0.25, -0.2) is 4.98 Å². The van der Waals surface area contributed by atoms with Gasteiger partial charge in [0.05, 0.1) is 11.9 Å². The van der Waals surface area contributed by atoms with Gasteiger partial charge in [-0.15, -0.1) is 11.3 Å². The highest BCUT2D eigenvalue weighted by Gasteiger charge is 2.09. The molecule has 3 N–H and O–H groups in total. The van der Waals surface area contributed by atoms with Crippen LogP contribution in [-0.2, 0) is 6.54 Å². The number of nitrogen functional groups attached to an aromatic ring is 1. The summed E-state index contributed by atoms with van der Waals surface area (Å²) in [6, 6.07) is 3.93. The molecular formula is C12H13N5OS. The molecule has 0 aromatic carbocycles. The number of nitrogens with one attached hydrogen (secondary N) is 1. The van der Waals surface area contributed by atoms with Crippen molar-refractivity contribution in [2.45, 2.75) is 20.4 Å². The second kappa shape index (κ2) is 4.51. The van der Waals surface area contributed by atoms with E-state index in [-0.39, 0.29) is 5.95 Å². The third kappa shape index (κ3) is 2.37. The molecule has 0 amide bonds. The van der Waals surface area contributed by atoms with E-state index in [9.17, 15) is 0 Å². The van der Waals surface area contributed by atoms with Gasteiger partial charge in [-0.3, -0.25) is 0 Å². The highest BCUT2D eigenvalue weighted by molar-refractivity contribution is 7.18. The zero-order chi connectivity index (χ0) is 13.4. The topological polar surface area (TPSA) is 89.9 Å². The maximum Gasteiger partial charge on any atom is 0.223 e. The van der Waals surface area contributed by atoms with Gasteiger partial charge in [0.1, 0.15) is 22.1 Å². The molecule has 0 radical (unpaired) electrons. The Hall–Kier alpha value is -2.15. The molecule has 0 bridgehead atoms. The summed E-state index contributed by atoms with van der Waals surface area (Å²) in [4.78, 5) is 10.5. The lowest BCUT2D eigenvalue weighted by Gasteiger charge is -2.05. The fourth-order valence-corrected chi connectivity index (χ4v) is 2.76. The zero-order valence-corrected chi connectivity index (χ0v) is 11.4. The minimum Gasteiger partial charge on any atom is -0.368 e. The Labute approximate surface area is 113 Å². The van der Waals surface area contributed by atoms with Crippen molar-refractivity contribution in [2.24, 2.45) is 0 Å². The Kier molecular flexibility index (Phi) is 2.83. The van der Waals surface area contributed by atoms with Crippen molar-refractivity contribution in [3.05, 3.63) is 28.5 Å². The molecule has 0 aliphatic rings. The van der Waals surface area contributed by atoms with Gasteiger partial charge in [0.25, 0.3) is 0 Å². The van der Waals surface area contributed by atoms with E-state index in [0.29, 0.717) is 6.54 Å². The molecule has 7 heteroatoms. The van der Waals surface area contributed by atoms with Crippen LogP contribution < -0.4 is 11.1 Å². The second-order valence-corrected chi connectivity index (χ2v) is 5.52. The summed E-state index contributed by atoms with van der Waals surface area (Å²) in [5.41, 5.74) is 6.55. The molecule has 0 saturated carbocycles. The van der Waals surface area contributed by atoms with Crippen LogP contribution in [0.15, 0.2) is 16.7 Å². The quantitative estimate of drug-likeness (QED) is 0.763. The normalized spacial score (nSPS) is 11.1. The lowest BCUT2D eigenvalue weighted by molar-refractivity contribution is 0.391. The lowest BCUT2D eigenvalue weighted by Crippen LogP contribution is -2.04. The molecular weight excluding hydrogens is 262 g/mol. The Morgan fingerprint density at radius 3 is 2.89 bits per heavy atom. The van der Waals surface area contributed by atoms with Crippen molar-refractivity contribution in [1.82, 2.24) is 15.1 Å². The van der Waals surface area contributed by atoms with Crippen LogP contribution in [0.25, 0.3) is 10.2 Å². The van der Waals surface area contributed by atoms with Crippen molar-refractivity contribution in [1.29, 1.82) is 0 Å². The third-order valence-corrected chi connectivity index (χ3v) is 3.59. The largest absolute Gasteiger partial charge is 0.368 e. The first-order valence-corrected chi connectivity index (χ1v) is 6.63. The van der Waals surface area contributed by atoms with E-state index >= 15 is 0 Å². The summed E-state index contributed by atoms with van der Waals surface area (Å²) in [5, 5.41) is 8.14. The second-order valence-electron chi connectivity index (χ2n) is 4.29. The average molecular weight is 275 g/mol. The van der Waals surface area contributed by atoms with Crippen molar-refractivity contribution in [3.8, 4) is 0 Å². The molecule has 0 aliphatic carbocycles. The van der Waals surface area contributed by atoms with Gasteiger partial charge < -0.3 is 15.6 Å². The molecule has 19 heavy (non-hydrogen) atoms. The van der Waals surface area contributed by atoms with E-state index < -0.39 is 0 Å². The first-order chi connectivity index (χ1) is 9.11. The zero-order valence-electron chi connectivity index (χ0n) is 10.6. The van der Waals surface area contributed by atoms with Gasteiger partial charge >= 0.3 is 0 Å². The lowest BCUT2D eigenvalue weighted by atomic mass is 10.3. The maximum atomic E-state index is 5.72. The van der Waals surface area contributed by atoms with Crippen LogP contribution in [0.2, 0.25) is 0 Å². The fourth-order valence-electron chi connectivity index (χ4n) is 1.87. The van der Waals surface area contributed by atoms with E-state index in [4.69, 9.17) is 10.3 Å². The Morgan fingerprint density at radius 2 is 2.16 bits per heavy atom. The first kappa shape index (κ1) is 11.9. The average Bonchev–Trinajstić information content (AvgIpc) is 2.91. The number of aromatic nitrogens is 3. The molecule has 0 fully saturated rings. The minimum atomic E-state index is 0.271. The molecule has 0 unspecified atom stereocenters. The van der Waals surface area contributed by atoms with Crippen LogP contribution in [0, 0.1) is 13.8 Å². The summed E-state index contributed by atoms with van der Waals surface area (Å²) < 4.78 is 5.02. The number of nitrogens with two attached hydrogens (primary N) is 1. The Bertz CT molecular complexity index is 733. The molecule has 0 aliphatic heterocycles. The van der Waals surface area contributed by atoms with Gasteiger partial charge in [0, 0.05) is 10.9 Å². The minimum absolute atomic E-state index is 0.271. The summed E-state index contributed by atoms with van der Waals surface area (Å²) >= 11 is 1.60. The molecule has 0 spiro atoms. The smallest absolute Gasteiger partial charge is 0.223 e. The fraction of sp³-hybridized carbons (Fsp3) is 0.250. The van der Waals surface area contributed by atoms with E-state index in [2.05, 4.69) is 26.5 Å². The number of hydrogen-bond donors (Lipinski definition) is 2. The van der Waals surface area contributed by atoms with E-state index in [1.165, 1.54) is 4.88 Å². The number of aryl methyl sites for hydroxylation is 2. The molecule has 3 aromatic heterocycles. The number of rotatable bonds is 3. The van der Waals surface area contributed by atoms with Crippen LogP contribution in [0.1, 0.15) is 16.3 Å². The first-order valence-electron chi connectivity index (χ1n) is 5.81. The SMILES string of the molecule is Cc1cc(CNc2nc(N)nc3sc(C)cc23)no1. The molecule has 6 nitrogen and oxygen atoms in total. The molecule has 3 aromatic rings. The Morgan fingerprint density at radius 1 is 1.32 bits per heavy atom. The van der Waals surface area contributed by atoms with Crippen molar-refractivity contribution < 1.29 is 4.52 Å². The van der Waals surface area contributed by atoms with Gasteiger partial charge in [-0.05, 0) is 19.9 Å². The number of thiophene rings is 1. The predicted octanol–water partition coefficient (Wildman–Crippen LogP) is 2.49. The monoisotopic (exact) mass is 275 g/mol. The van der Waals surface area contributed by atoms with Crippen LogP contribution in [0.5, 0.6) is 0 Å². The molecule has 3 heterocycles. The third-order valence-electron chi connectivity index (χ3n) is 2.65. The van der Waals surface area contributed by atoms with Crippen molar-refractivity contribution in [3.63, 3.8) is 0 Å². The number of fused-ring (bicyclic) bond motifs is 1. The van der Waals surface area contributed by atoms with Gasteiger partial charge in [-0.1, -0.05) is 5.16 Å². The van der Waals surface area contributed by atoms with Gasteiger partial charge in [0.15, 0.2) is 0 Å². The van der Waals surface area contributed by atoms with Crippen LogP contribution in [-0.4, -0.2) is 15.1 Å². The van der Waals surface area contributed by atoms with Gasteiger partial charge in [0.2, 0.25) is 5.95 Å². The van der Waals surface area contributed by atoms with Gasteiger partial charge in [-0.2, -0.15) is 4.98 Å². The van der Waals surface area contributed by atoms with E-state index in [1.807, 2.05) is 19.9 Å². The molecule has 0 atom stereocenters. The molecule has 3 rings (SSSR count). The highest BCUT2D eigenvalue weighted by Crippen LogP contribution is 2.29. The summed E-state index contributed by atoms with van der Waals surface area (Å²) in [5.74, 6) is 1.79. The number of anilines is 2. The number of hydrogen-bond acceptors (Lipinski definition) is 7. The van der Waals surface area contributed by atoms with E-state index in [0.717, 1.165) is 27.5 Å². The maximum absolute atomic E-state index is 5.72. The predicted molar refractivity (Wildman–Crippen MR) is 75.1 cm³/mol. The van der Waals surface area contributed by atoms with Crippen LogP contribution in [0.3, 0.4) is 0 Å².